The van der Waals surface area contributed by atoms with E-state index in [1.807, 2.05) is 0 Å². The zero-order valence-corrected chi connectivity index (χ0v) is 35.6. The molecule has 2 nitrogen and oxygen atoms in total. The molecule has 63 heavy (non-hydrogen) atoms. The molecule has 2 heterocycles. The summed E-state index contributed by atoms with van der Waals surface area (Å²) in [6.07, 6.45) is 0. The van der Waals surface area contributed by atoms with Crippen molar-refractivity contribution in [1.82, 2.24) is 9.13 Å². The van der Waals surface area contributed by atoms with Crippen LogP contribution in [0.2, 0.25) is 0 Å². The smallest absolute Gasteiger partial charge is 0.179 e. The number of para-hydroxylation sites is 2. The summed E-state index contributed by atoms with van der Waals surface area (Å²) in [5, 5.41) is 10.4. The van der Waals surface area contributed by atoms with Gasteiger partial charge in [-0.2, -0.15) is 0 Å². The highest BCUT2D eigenvalue weighted by Gasteiger charge is 2.41. The van der Waals surface area contributed by atoms with Crippen molar-refractivity contribution in [2.24, 2.45) is 0 Å². The van der Waals surface area contributed by atoms with Crippen LogP contribution in [0, 0.1) is 0 Å². The molecule has 10 aromatic carbocycles. The topological polar surface area (TPSA) is 9.86 Å². The molecule has 0 bridgehead atoms. The van der Waals surface area contributed by atoms with Crippen LogP contribution in [0.15, 0.2) is 255 Å². The summed E-state index contributed by atoms with van der Waals surface area (Å²) in [5.74, 6) is 0. The van der Waals surface area contributed by atoms with E-state index in [0.29, 0.717) is 0 Å². The maximum atomic E-state index is 2.46. The van der Waals surface area contributed by atoms with Gasteiger partial charge >= 0.3 is 0 Å². The van der Waals surface area contributed by atoms with E-state index in [4.69, 9.17) is 0 Å². The molecule has 12 rings (SSSR count). The molecule has 12 aromatic rings. The third-order valence-electron chi connectivity index (χ3n) is 13.1. The Morgan fingerprint density at radius 3 is 1.32 bits per heavy atom. The molecule has 296 valence electrons. The maximum absolute atomic E-state index is 2.66. The minimum absolute atomic E-state index is 1.14. The van der Waals surface area contributed by atoms with Crippen molar-refractivity contribution >= 4 is 72.4 Å². The van der Waals surface area contributed by atoms with E-state index >= 15 is 0 Å². The summed E-state index contributed by atoms with van der Waals surface area (Å²) in [5.41, 5.74) is 12.0. The first kappa shape index (κ1) is 36.8. The normalized spacial score (nSPS) is 11.8. The Kier molecular flexibility index (Phi) is 8.87. The number of benzene rings is 10. The summed E-state index contributed by atoms with van der Waals surface area (Å²) in [7, 11) is -2.66. The van der Waals surface area contributed by atoms with E-state index in [1.54, 1.807) is 0 Å². The summed E-state index contributed by atoms with van der Waals surface area (Å²) >= 11 is 0. The Morgan fingerprint density at radius 2 is 0.683 bits per heavy atom. The maximum Gasteiger partial charge on any atom is 0.179 e. The van der Waals surface area contributed by atoms with Crippen molar-refractivity contribution in [2.75, 3.05) is 0 Å². The molecule has 0 saturated heterocycles. The van der Waals surface area contributed by atoms with E-state index in [2.05, 4.69) is 264 Å². The van der Waals surface area contributed by atoms with Crippen LogP contribution in [0.3, 0.4) is 0 Å². The third-order valence-corrected chi connectivity index (χ3v) is 17.9. The van der Waals surface area contributed by atoms with Crippen LogP contribution in [0.25, 0.3) is 77.2 Å². The minimum atomic E-state index is -2.66. The highest BCUT2D eigenvalue weighted by Crippen LogP contribution is 2.42. The van der Waals surface area contributed by atoms with Crippen molar-refractivity contribution in [3.8, 4) is 33.6 Å². The monoisotopic (exact) mass is 818 g/mol. The van der Waals surface area contributed by atoms with Gasteiger partial charge in [0, 0.05) is 32.9 Å². The Morgan fingerprint density at radius 1 is 0.254 bits per heavy atom. The Balaban J connectivity index is 1.03. The average Bonchev–Trinajstić information content (AvgIpc) is 3.88. The quantitative estimate of drug-likeness (QED) is 0.107. The second kappa shape index (κ2) is 15.2. The van der Waals surface area contributed by atoms with Crippen molar-refractivity contribution in [1.29, 1.82) is 0 Å². The van der Waals surface area contributed by atoms with Crippen LogP contribution >= 0.6 is 0 Å². The van der Waals surface area contributed by atoms with Gasteiger partial charge in [0.15, 0.2) is 8.07 Å². The van der Waals surface area contributed by atoms with Crippen molar-refractivity contribution in [3.63, 3.8) is 0 Å². The molecule has 0 amide bonds. The predicted molar refractivity (Wildman–Crippen MR) is 270 cm³/mol. The van der Waals surface area contributed by atoms with Crippen LogP contribution < -0.4 is 20.7 Å². The van der Waals surface area contributed by atoms with E-state index in [-0.39, 0.29) is 0 Å². The fraction of sp³-hybridized carbons (Fsp3) is 0. The number of fused-ring (bicyclic) bond motifs is 6. The van der Waals surface area contributed by atoms with E-state index in [9.17, 15) is 0 Å². The van der Waals surface area contributed by atoms with Gasteiger partial charge in [-0.1, -0.05) is 206 Å². The molecule has 0 radical (unpaired) electrons. The van der Waals surface area contributed by atoms with Gasteiger partial charge in [0.1, 0.15) is 0 Å². The van der Waals surface area contributed by atoms with Crippen molar-refractivity contribution < 1.29 is 0 Å². The van der Waals surface area contributed by atoms with Crippen molar-refractivity contribution in [2.45, 2.75) is 0 Å². The third kappa shape index (κ3) is 5.85. The highest BCUT2D eigenvalue weighted by molar-refractivity contribution is 7.19. The molecule has 0 unspecified atom stereocenters. The van der Waals surface area contributed by atoms with Gasteiger partial charge in [-0.05, 0) is 91.5 Å². The molecule has 3 heteroatoms. The fourth-order valence-corrected chi connectivity index (χ4v) is 15.2. The zero-order valence-electron chi connectivity index (χ0n) is 34.6. The molecule has 0 fully saturated rings. The lowest BCUT2D eigenvalue weighted by Gasteiger charge is -2.34. The van der Waals surface area contributed by atoms with Crippen LogP contribution in [0.1, 0.15) is 0 Å². The van der Waals surface area contributed by atoms with Crippen molar-refractivity contribution in [3.05, 3.63) is 255 Å². The summed E-state index contributed by atoms with van der Waals surface area (Å²) in [4.78, 5) is 0. The van der Waals surface area contributed by atoms with Gasteiger partial charge in [-0.3, -0.25) is 0 Å². The molecule has 0 N–H and O–H groups in total. The molecular weight excluding hydrogens is 777 g/mol. The van der Waals surface area contributed by atoms with Crippen LogP contribution in [0.4, 0.5) is 0 Å². The molecule has 2 aromatic heterocycles. The molecule has 0 spiro atoms. The lowest BCUT2D eigenvalue weighted by molar-refractivity contribution is 1.17. The van der Waals surface area contributed by atoms with Crippen LogP contribution in [0.5, 0.6) is 0 Å². The molecule has 0 aliphatic carbocycles. The number of aromatic nitrogens is 2. The lowest BCUT2D eigenvalue weighted by Crippen LogP contribution is -2.74. The molecule has 0 atom stereocenters. The predicted octanol–water partition coefficient (Wildman–Crippen LogP) is 12.6. The first-order chi connectivity index (χ1) is 31.3. The summed E-state index contributed by atoms with van der Waals surface area (Å²) in [6, 6.07) is 94.0. The van der Waals surface area contributed by atoms with Crippen LogP contribution in [-0.4, -0.2) is 17.2 Å². The Hall–Kier alpha value is -7.98. The lowest BCUT2D eigenvalue weighted by atomic mass is 9.92. The van der Waals surface area contributed by atoms with Gasteiger partial charge in [-0.25, -0.2) is 0 Å². The van der Waals surface area contributed by atoms with Gasteiger partial charge in [-0.15, -0.1) is 0 Å². The van der Waals surface area contributed by atoms with E-state index in [1.165, 1.54) is 86.6 Å². The largest absolute Gasteiger partial charge is 0.309 e. The van der Waals surface area contributed by atoms with Gasteiger partial charge in [0.2, 0.25) is 0 Å². The SMILES string of the molecule is c1ccc(-c2ccccc2-c2cccc3c2c2ccccc2n3-c2ccc3c(c2)c2ccccc2n3-c2ccc([Si](c3ccccc3)(c3ccccc3)c3ccccc3)cc2)cc1. The van der Waals surface area contributed by atoms with Gasteiger partial charge in [0.05, 0.1) is 22.1 Å². The first-order valence-electron chi connectivity index (χ1n) is 21.8. The van der Waals surface area contributed by atoms with E-state index < -0.39 is 8.07 Å². The number of hydrogen-bond acceptors (Lipinski definition) is 0. The zero-order chi connectivity index (χ0) is 41.7. The number of rotatable bonds is 8. The molecular formula is C60H42N2Si. The second-order valence-electron chi connectivity index (χ2n) is 16.4. The Bertz CT molecular complexity index is 3490. The first-order valence-corrected chi connectivity index (χ1v) is 23.8. The van der Waals surface area contributed by atoms with Gasteiger partial charge < -0.3 is 9.13 Å². The Labute approximate surface area is 368 Å². The van der Waals surface area contributed by atoms with E-state index in [0.717, 1.165) is 11.4 Å². The number of nitrogens with zero attached hydrogens (tertiary/aromatic N) is 2. The molecule has 0 aliphatic heterocycles. The molecule has 0 aliphatic rings. The minimum Gasteiger partial charge on any atom is -0.309 e. The average molecular weight is 819 g/mol. The fourth-order valence-electron chi connectivity index (χ4n) is 10.4. The van der Waals surface area contributed by atoms with Gasteiger partial charge in [0.25, 0.3) is 0 Å². The second-order valence-corrected chi connectivity index (χ2v) is 20.2. The number of hydrogen-bond donors (Lipinski definition) is 0. The molecule has 0 saturated carbocycles. The summed E-state index contributed by atoms with van der Waals surface area (Å²) in [6.45, 7) is 0. The standard InChI is InChI=1S/C60H42N2Si/c1-5-20-43(21-6-1)50-28-13-14-29-51(50)53-32-19-35-59-60(53)54-31-16-18-34-57(54)62(59)45-38-41-58-55(42-45)52-30-15-17-33-56(52)61(58)44-36-39-49(40-37-44)63(46-22-7-2-8-23-46,47-24-9-3-10-25-47)48-26-11-4-12-27-48/h1-42H. The van der Waals surface area contributed by atoms with Crippen LogP contribution in [-0.2, 0) is 0 Å². The highest BCUT2D eigenvalue weighted by atomic mass is 28.3. The summed E-state index contributed by atoms with van der Waals surface area (Å²) < 4.78 is 4.90.